The third-order valence-electron chi connectivity index (χ3n) is 5.23. The summed E-state index contributed by atoms with van der Waals surface area (Å²) in [6.07, 6.45) is 5.37. The predicted octanol–water partition coefficient (Wildman–Crippen LogP) is 3.79. The lowest BCUT2D eigenvalue weighted by Gasteiger charge is -2.37. The lowest BCUT2D eigenvalue weighted by Crippen LogP contribution is -2.42. The van der Waals surface area contributed by atoms with Crippen LogP contribution in [0, 0.1) is 21.4 Å². The van der Waals surface area contributed by atoms with Crippen molar-refractivity contribution >= 4 is 23.6 Å². The highest BCUT2D eigenvalue weighted by Crippen LogP contribution is 2.37. The molecule has 1 aromatic carbocycles. The smallest absolute Gasteiger partial charge is 0.270 e. The average Bonchev–Trinajstić information content (AvgIpc) is 2.60. The number of hydrogen-bond donors (Lipinski definition) is 2. The van der Waals surface area contributed by atoms with E-state index < -0.39 is 4.92 Å². The van der Waals surface area contributed by atoms with Gasteiger partial charge in [0.15, 0.2) is 0 Å². The van der Waals surface area contributed by atoms with Gasteiger partial charge in [-0.15, -0.1) is 0 Å². The molecule has 0 aliphatic heterocycles. The zero-order chi connectivity index (χ0) is 20.9. The maximum Gasteiger partial charge on any atom is 0.270 e. The first-order valence-corrected chi connectivity index (χ1v) is 9.61. The molecule has 0 atom stereocenters. The Balaban J connectivity index is 2.11. The van der Waals surface area contributed by atoms with E-state index >= 15 is 0 Å². The molecule has 152 valence electrons. The van der Waals surface area contributed by atoms with Crippen LogP contribution in [0.5, 0.6) is 0 Å². The normalized spacial score (nSPS) is 20.4. The summed E-state index contributed by atoms with van der Waals surface area (Å²) in [5, 5.41) is 16.5. The molecule has 1 aliphatic rings. The molecule has 0 aromatic heterocycles. The number of rotatable bonds is 5. The van der Waals surface area contributed by atoms with Crippen molar-refractivity contribution in [1.29, 1.82) is 0 Å². The first-order valence-electron chi connectivity index (χ1n) is 9.61. The molecule has 7 heteroatoms. The highest BCUT2D eigenvalue weighted by Gasteiger charge is 2.30. The van der Waals surface area contributed by atoms with Crippen molar-refractivity contribution < 1.29 is 14.5 Å². The minimum absolute atomic E-state index is 0.0633. The van der Waals surface area contributed by atoms with Gasteiger partial charge in [0, 0.05) is 25.1 Å². The molecule has 0 saturated heterocycles. The van der Waals surface area contributed by atoms with E-state index in [2.05, 4.69) is 31.4 Å². The van der Waals surface area contributed by atoms with Gasteiger partial charge in [0.2, 0.25) is 5.91 Å². The Hall–Kier alpha value is -2.70. The quantitative estimate of drug-likeness (QED) is 0.456. The molecule has 2 N–H and O–H groups in total. The van der Waals surface area contributed by atoms with Gasteiger partial charge in [-0.05, 0) is 48.7 Å². The Morgan fingerprint density at radius 1 is 1.18 bits per heavy atom. The van der Waals surface area contributed by atoms with Crippen LogP contribution in [-0.4, -0.2) is 22.8 Å². The number of carbonyl (C=O) groups excluding carboxylic acids is 2. The van der Waals surface area contributed by atoms with E-state index in [9.17, 15) is 19.7 Å². The van der Waals surface area contributed by atoms with Crippen molar-refractivity contribution in [3.63, 3.8) is 0 Å². The number of nitrogens with zero attached hydrogens (tertiary/aromatic N) is 1. The molecule has 2 amide bonds. The molecular formula is C21H29N3O4. The highest BCUT2D eigenvalue weighted by molar-refractivity contribution is 6.01. The van der Waals surface area contributed by atoms with E-state index in [1.165, 1.54) is 25.1 Å². The second-order valence-electron chi connectivity index (χ2n) is 8.48. The largest absolute Gasteiger partial charge is 0.348 e. The molecule has 0 spiro atoms. The number of nitro groups is 1. The van der Waals surface area contributed by atoms with Crippen molar-refractivity contribution in [1.82, 2.24) is 10.6 Å². The Labute approximate surface area is 165 Å². The first-order chi connectivity index (χ1) is 13.1. The van der Waals surface area contributed by atoms with E-state index in [-0.39, 0.29) is 34.7 Å². The standard InChI is InChI=1S/C21H29N3O4/c1-14(25)22-19(13-15-6-5-7-18(12-15)24(27)28)20(26)23-17-10-8-16(9-11-17)21(2,3)4/h5-7,12-13,16-17H,8-11H2,1-4H3,(H,22,25)(H,23,26)/b19-13-. The molecule has 1 aliphatic carbocycles. The summed E-state index contributed by atoms with van der Waals surface area (Å²) in [7, 11) is 0. The molecule has 0 bridgehead atoms. The van der Waals surface area contributed by atoms with Gasteiger partial charge >= 0.3 is 0 Å². The van der Waals surface area contributed by atoms with Crippen molar-refractivity contribution in [2.75, 3.05) is 0 Å². The first kappa shape index (κ1) is 21.6. The summed E-state index contributed by atoms with van der Waals surface area (Å²) in [5.74, 6) is -0.111. The van der Waals surface area contributed by atoms with Crippen LogP contribution in [0.1, 0.15) is 58.9 Å². The van der Waals surface area contributed by atoms with Crippen molar-refractivity contribution in [3.05, 3.63) is 45.6 Å². The van der Waals surface area contributed by atoms with Crippen LogP contribution in [0.25, 0.3) is 6.08 Å². The molecule has 0 heterocycles. The highest BCUT2D eigenvalue weighted by atomic mass is 16.6. The van der Waals surface area contributed by atoms with Gasteiger partial charge in [-0.3, -0.25) is 19.7 Å². The third kappa shape index (κ3) is 6.18. The summed E-state index contributed by atoms with van der Waals surface area (Å²) < 4.78 is 0. The number of nitrogens with one attached hydrogen (secondary N) is 2. The van der Waals surface area contributed by atoms with E-state index in [0.29, 0.717) is 11.5 Å². The zero-order valence-electron chi connectivity index (χ0n) is 17.0. The molecule has 1 saturated carbocycles. The van der Waals surface area contributed by atoms with Gasteiger partial charge in [-0.25, -0.2) is 0 Å². The maximum atomic E-state index is 12.7. The zero-order valence-corrected chi connectivity index (χ0v) is 17.0. The molecule has 28 heavy (non-hydrogen) atoms. The van der Waals surface area contributed by atoms with Gasteiger partial charge in [-0.1, -0.05) is 32.9 Å². The van der Waals surface area contributed by atoms with Crippen LogP contribution in [0.4, 0.5) is 5.69 Å². The number of amides is 2. The van der Waals surface area contributed by atoms with E-state index in [1.807, 2.05) is 0 Å². The van der Waals surface area contributed by atoms with Crippen LogP contribution >= 0.6 is 0 Å². The summed E-state index contributed by atoms with van der Waals surface area (Å²) in [6, 6.07) is 6.00. The van der Waals surface area contributed by atoms with Crippen LogP contribution in [-0.2, 0) is 9.59 Å². The number of benzene rings is 1. The van der Waals surface area contributed by atoms with E-state index in [0.717, 1.165) is 25.7 Å². The SMILES string of the molecule is CC(=O)N/C(=C\c1cccc([N+](=O)[O-])c1)C(=O)NC1CCC(C(C)(C)C)CC1. The summed E-state index contributed by atoms with van der Waals surface area (Å²) in [4.78, 5) is 34.7. The molecular weight excluding hydrogens is 358 g/mol. The second kappa shape index (κ2) is 8.99. The van der Waals surface area contributed by atoms with Crippen LogP contribution in [0.15, 0.2) is 30.0 Å². The third-order valence-corrected chi connectivity index (χ3v) is 5.23. The number of carbonyl (C=O) groups is 2. The fourth-order valence-electron chi connectivity index (χ4n) is 3.61. The van der Waals surface area contributed by atoms with Gasteiger partial charge in [0.25, 0.3) is 11.6 Å². The van der Waals surface area contributed by atoms with Gasteiger partial charge in [-0.2, -0.15) is 0 Å². The van der Waals surface area contributed by atoms with Gasteiger partial charge in [0.05, 0.1) is 4.92 Å². The van der Waals surface area contributed by atoms with Gasteiger partial charge in [0.1, 0.15) is 5.70 Å². The molecule has 1 fully saturated rings. The van der Waals surface area contributed by atoms with Crippen molar-refractivity contribution in [2.24, 2.45) is 11.3 Å². The lowest BCUT2D eigenvalue weighted by atomic mass is 9.71. The minimum Gasteiger partial charge on any atom is -0.348 e. The number of hydrogen-bond acceptors (Lipinski definition) is 4. The van der Waals surface area contributed by atoms with Crippen molar-refractivity contribution in [2.45, 2.75) is 59.4 Å². The summed E-state index contributed by atoms with van der Waals surface area (Å²) in [6.45, 7) is 8.05. The van der Waals surface area contributed by atoms with Crippen molar-refractivity contribution in [3.8, 4) is 0 Å². The minimum atomic E-state index is -0.497. The van der Waals surface area contributed by atoms with Crippen LogP contribution in [0.3, 0.4) is 0 Å². The molecule has 2 rings (SSSR count). The average molecular weight is 387 g/mol. The summed E-state index contributed by atoms with van der Waals surface area (Å²) >= 11 is 0. The fraction of sp³-hybridized carbons (Fsp3) is 0.524. The molecule has 0 radical (unpaired) electrons. The van der Waals surface area contributed by atoms with Gasteiger partial charge < -0.3 is 10.6 Å². The number of nitro benzene ring substituents is 1. The fourth-order valence-corrected chi connectivity index (χ4v) is 3.61. The Morgan fingerprint density at radius 2 is 1.82 bits per heavy atom. The predicted molar refractivity (Wildman–Crippen MR) is 108 cm³/mol. The molecule has 1 aromatic rings. The molecule has 0 unspecified atom stereocenters. The Morgan fingerprint density at radius 3 is 2.36 bits per heavy atom. The lowest BCUT2D eigenvalue weighted by molar-refractivity contribution is -0.384. The van der Waals surface area contributed by atoms with Crippen LogP contribution < -0.4 is 10.6 Å². The molecule has 7 nitrogen and oxygen atoms in total. The Bertz CT molecular complexity index is 772. The number of non-ortho nitro benzene ring substituents is 1. The summed E-state index contributed by atoms with van der Waals surface area (Å²) in [5.41, 5.74) is 0.755. The monoisotopic (exact) mass is 387 g/mol. The Kier molecular flexibility index (Phi) is 6.94. The van der Waals surface area contributed by atoms with E-state index in [1.54, 1.807) is 12.1 Å². The second-order valence-corrected chi connectivity index (χ2v) is 8.48. The topological polar surface area (TPSA) is 101 Å². The maximum absolute atomic E-state index is 12.7. The van der Waals surface area contributed by atoms with E-state index in [4.69, 9.17) is 0 Å². The van der Waals surface area contributed by atoms with Crippen LogP contribution in [0.2, 0.25) is 0 Å².